The van der Waals surface area contributed by atoms with Crippen molar-refractivity contribution in [2.24, 2.45) is 5.73 Å². The fourth-order valence-corrected chi connectivity index (χ4v) is 4.16. The van der Waals surface area contributed by atoms with Crippen molar-refractivity contribution in [2.75, 3.05) is 13.1 Å². The molecule has 0 radical (unpaired) electrons. The minimum absolute atomic E-state index is 0.00620. The zero-order chi connectivity index (χ0) is 28.9. The minimum Gasteiger partial charge on any atom is -0.444 e. The molecule has 1 rings (SSSR count). The Morgan fingerprint density at radius 2 is 1.68 bits per heavy atom. The van der Waals surface area contributed by atoms with Gasteiger partial charge in [0.25, 0.3) is 0 Å². The third kappa shape index (κ3) is 11.5. The van der Waals surface area contributed by atoms with Gasteiger partial charge in [-0.15, -0.1) is 0 Å². The van der Waals surface area contributed by atoms with Crippen molar-refractivity contribution in [3.63, 3.8) is 0 Å². The predicted octanol–water partition coefficient (Wildman–Crippen LogP) is 4.44. The number of ether oxygens (including phenoxy) is 1. The molecule has 0 aliphatic carbocycles. The summed E-state index contributed by atoms with van der Waals surface area (Å²) in [6, 6.07) is 3.81. The highest BCUT2D eigenvalue weighted by Crippen LogP contribution is 2.27. The minimum atomic E-state index is -1.09. The number of carbonyl (C=O) groups is 4. The summed E-state index contributed by atoms with van der Waals surface area (Å²) in [5, 5.41) is 5.63. The SMILES string of the molecule is CCCCCNC(=O)C(c1ccc(C)cc1C)N(CCCC)C(=O)C(CCC(N)=O)NC(=O)OC(C)(C)C. The van der Waals surface area contributed by atoms with Crippen molar-refractivity contribution in [3.8, 4) is 0 Å². The first kappa shape index (κ1) is 32.9. The molecule has 1 aromatic carbocycles. The molecule has 0 heterocycles. The molecular formula is C29H48N4O5. The quantitative estimate of drug-likeness (QED) is 0.288. The maximum Gasteiger partial charge on any atom is 0.408 e. The number of nitrogens with one attached hydrogen (secondary N) is 2. The molecule has 0 aliphatic rings. The molecule has 1 aromatic rings. The predicted molar refractivity (Wildman–Crippen MR) is 149 cm³/mol. The number of benzene rings is 1. The second-order valence-corrected chi connectivity index (χ2v) is 10.8. The van der Waals surface area contributed by atoms with E-state index in [4.69, 9.17) is 10.5 Å². The normalized spacial score (nSPS) is 12.8. The van der Waals surface area contributed by atoms with Crippen molar-refractivity contribution in [1.29, 1.82) is 0 Å². The second kappa shape index (κ2) is 16.0. The van der Waals surface area contributed by atoms with Gasteiger partial charge in [-0.3, -0.25) is 14.4 Å². The molecule has 0 spiro atoms. The summed E-state index contributed by atoms with van der Waals surface area (Å²) in [4.78, 5) is 53.5. The van der Waals surface area contributed by atoms with E-state index < -0.39 is 35.6 Å². The Morgan fingerprint density at radius 3 is 2.24 bits per heavy atom. The molecule has 0 saturated heterocycles. The van der Waals surface area contributed by atoms with Crippen LogP contribution in [0.25, 0.3) is 0 Å². The van der Waals surface area contributed by atoms with E-state index in [1.807, 2.05) is 39.0 Å². The van der Waals surface area contributed by atoms with Crippen LogP contribution in [-0.4, -0.2) is 53.4 Å². The van der Waals surface area contributed by atoms with E-state index in [1.54, 1.807) is 20.8 Å². The maximum atomic E-state index is 14.1. The summed E-state index contributed by atoms with van der Waals surface area (Å²) in [6.45, 7) is 14.0. The smallest absolute Gasteiger partial charge is 0.408 e. The van der Waals surface area contributed by atoms with E-state index in [-0.39, 0.29) is 18.7 Å². The number of carbonyl (C=O) groups excluding carboxylic acids is 4. The van der Waals surface area contributed by atoms with Gasteiger partial charge in [0, 0.05) is 19.5 Å². The van der Waals surface area contributed by atoms with Crippen molar-refractivity contribution < 1.29 is 23.9 Å². The van der Waals surface area contributed by atoms with Gasteiger partial charge >= 0.3 is 6.09 Å². The molecule has 2 atom stereocenters. The Balaban J connectivity index is 3.48. The lowest BCUT2D eigenvalue weighted by molar-refractivity contribution is -0.142. The molecule has 0 saturated carbocycles. The first-order valence-corrected chi connectivity index (χ1v) is 13.7. The van der Waals surface area contributed by atoms with E-state index in [2.05, 4.69) is 17.6 Å². The highest BCUT2D eigenvalue weighted by Gasteiger charge is 2.36. The Hall–Kier alpha value is -3.10. The monoisotopic (exact) mass is 532 g/mol. The Bertz CT molecular complexity index is 941. The van der Waals surface area contributed by atoms with Gasteiger partial charge in [0.2, 0.25) is 17.7 Å². The topological polar surface area (TPSA) is 131 Å². The van der Waals surface area contributed by atoms with Crippen LogP contribution in [0.2, 0.25) is 0 Å². The van der Waals surface area contributed by atoms with Gasteiger partial charge in [0.15, 0.2) is 0 Å². The maximum absolute atomic E-state index is 14.1. The fraction of sp³-hybridized carbons (Fsp3) is 0.655. The van der Waals surface area contributed by atoms with Gasteiger partial charge in [-0.05, 0) is 65.0 Å². The van der Waals surface area contributed by atoms with Crippen LogP contribution < -0.4 is 16.4 Å². The van der Waals surface area contributed by atoms with Crippen molar-refractivity contribution in [2.45, 2.75) is 111 Å². The summed E-state index contributed by atoms with van der Waals surface area (Å²) < 4.78 is 5.37. The third-order valence-electron chi connectivity index (χ3n) is 6.06. The van der Waals surface area contributed by atoms with Gasteiger partial charge < -0.3 is 26.0 Å². The largest absolute Gasteiger partial charge is 0.444 e. The van der Waals surface area contributed by atoms with Crippen LogP contribution in [-0.2, 0) is 19.1 Å². The number of aryl methyl sites for hydroxylation is 2. The number of amides is 4. The summed E-state index contributed by atoms with van der Waals surface area (Å²) >= 11 is 0. The van der Waals surface area contributed by atoms with E-state index in [0.29, 0.717) is 19.5 Å². The number of nitrogens with zero attached hydrogens (tertiary/aromatic N) is 1. The number of rotatable bonds is 15. The van der Waals surface area contributed by atoms with Gasteiger partial charge in [-0.2, -0.15) is 0 Å². The third-order valence-corrected chi connectivity index (χ3v) is 6.06. The van der Waals surface area contributed by atoms with Crippen LogP contribution in [0, 0.1) is 13.8 Å². The van der Waals surface area contributed by atoms with E-state index in [0.717, 1.165) is 42.4 Å². The lowest BCUT2D eigenvalue weighted by atomic mass is 9.95. The molecule has 9 nitrogen and oxygen atoms in total. The van der Waals surface area contributed by atoms with Gasteiger partial charge in [0.05, 0.1) is 0 Å². The molecule has 9 heteroatoms. The van der Waals surface area contributed by atoms with Crippen LogP contribution in [0.5, 0.6) is 0 Å². The van der Waals surface area contributed by atoms with Crippen LogP contribution in [0.15, 0.2) is 18.2 Å². The number of nitrogens with two attached hydrogens (primary N) is 1. The average molecular weight is 533 g/mol. The zero-order valence-corrected chi connectivity index (χ0v) is 24.3. The number of hydrogen-bond acceptors (Lipinski definition) is 5. The van der Waals surface area contributed by atoms with Crippen LogP contribution in [0.4, 0.5) is 4.79 Å². The molecule has 38 heavy (non-hydrogen) atoms. The lowest BCUT2D eigenvalue weighted by Gasteiger charge is -2.35. The van der Waals surface area contributed by atoms with Crippen molar-refractivity contribution in [3.05, 3.63) is 34.9 Å². The molecule has 2 unspecified atom stereocenters. The number of unbranched alkanes of at least 4 members (excludes halogenated alkanes) is 3. The standard InChI is InChI=1S/C29H48N4O5/c1-8-10-12-17-31-26(35)25(22-14-13-20(3)19-21(22)4)33(18-11-9-2)27(36)23(15-16-24(30)34)32-28(37)38-29(5,6)7/h13-14,19,23,25H,8-12,15-18H2,1-7H3,(H2,30,34)(H,31,35)(H,32,37). The van der Waals surface area contributed by atoms with E-state index in [9.17, 15) is 19.2 Å². The molecular weight excluding hydrogens is 484 g/mol. The average Bonchev–Trinajstić information content (AvgIpc) is 2.81. The summed E-state index contributed by atoms with van der Waals surface area (Å²) in [5.74, 6) is -1.32. The number of primary amides is 1. The summed E-state index contributed by atoms with van der Waals surface area (Å²) in [7, 11) is 0. The fourth-order valence-electron chi connectivity index (χ4n) is 4.16. The van der Waals surface area contributed by atoms with Gasteiger partial charge in [-0.25, -0.2) is 4.79 Å². The summed E-state index contributed by atoms with van der Waals surface area (Å²) in [5.41, 5.74) is 7.25. The van der Waals surface area contributed by atoms with E-state index in [1.165, 1.54) is 4.90 Å². The Morgan fingerprint density at radius 1 is 1.03 bits per heavy atom. The van der Waals surface area contributed by atoms with Gasteiger partial charge in [-0.1, -0.05) is 56.9 Å². The number of alkyl carbamates (subject to hydrolysis) is 1. The second-order valence-electron chi connectivity index (χ2n) is 10.8. The van der Waals surface area contributed by atoms with Crippen molar-refractivity contribution in [1.82, 2.24) is 15.5 Å². The first-order valence-electron chi connectivity index (χ1n) is 13.7. The molecule has 0 aromatic heterocycles. The highest BCUT2D eigenvalue weighted by atomic mass is 16.6. The Kier molecular flexibility index (Phi) is 13.9. The zero-order valence-electron chi connectivity index (χ0n) is 24.3. The van der Waals surface area contributed by atoms with E-state index >= 15 is 0 Å². The molecule has 0 fully saturated rings. The molecule has 0 bridgehead atoms. The molecule has 0 aliphatic heterocycles. The first-order chi connectivity index (χ1) is 17.8. The highest BCUT2D eigenvalue weighted by molar-refractivity contribution is 5.92. The van der Waals surface area contributed by atoms with Crippen LogP contribution >= 0.6 is 0 Å². The van der Waals surface area contributed by atoms with Gasteiger partial charge in [0.1, 0.15) is 17.7 Å². The summed E-state index contributed by atoms with van der Waals surface area (Å²) in [6.07, 6.45) is 3.42. The molecule has 214 valence electrons. The van der Waals surface area contributed by atoms with Crippen LogP contribution in [0.1, 0.15) is 102 Å². The molecule has 4 N–H and O–H groups in total. The number of hydrogen-bond donors (Lipinski definition) is 3. The Labute approximate surface area is 228 Å². The molecule has 4 amide bonds. The lowest BCUT2D eigenvalue weighted by Crippen LogP contribution is -2.53. The van der Waals surface area contributed by atoms with Crippen LogP contribution in [0.3, 0.4) is 0 Å². The van der Waals surface area contributed by atoms with Crippen molar-refractivity contribution >= 4 is 23.8 Å².